The summed E-state index contributed by atoms with van der Waals surface area (Å²) in [6.07, 6.45) is 0.635. The topological polar surface area (TPSA) is 137 Å². The molecule has 0 saturated heterocycles. The van der Waals surface area contributed by atoms with E-state index in [1.807, 2.05) is 0 Å². The van der Waals surface area contributed by atoms with E-state index < -0.39 is 29.4 Å². The van der Waals surface area contributed by atoms with Crippen molar-refractivity contribution in [3.8, 4) is 0 Å². The summed E-state index contributed by atoms with van der Waals surface area (Å²) in [5.41, 5.74) is -0.490. The molecule has 0 aliphatic carbocycles. The Labute approximate surface area is 107 Å². The number of rotatable bonds is 6. The first kappa shape index (κ1) is 14.4. The summed E-state index contributed by atoms with van der Waals surface area (Å²) in [5, 5.41) is 19.5. The zero-order chi connectivity index (χ0) is 14.4. The number of carboxylic acids is 2. The van der Waals surface area contributed by atoms with E-state index in [1.54, 1.807) is 0 Å². The highest BCUT2D eigenvalue weighted by molar-refractivity contribution is 5.96. The molecular formula is C11H12N2O6. The zero-order valence-corrected chi connectivity index (χ0v) is 9.75. The van der Waals surface area contributed by atoms with Crippen molar-refractivity contribution in [2.24, 2.45) is 0 Å². The molecule has 1 unspecified atom stereocenters. The maximum absolute atomic E-state index is 11.7. The first-order valence-corrected chi connectivity index (χ1v) is 5.34. The number of H-pyrrole nitrogens is 1. The van der Waals surface area contributed by atoms with E-state index in [9.17, 15) is 19.2 Å². The van der Waals surface area contributed by atoms with Crippen LogP contribution in [0.4, 0.5) is 0 Å². The molecule has 0 aliphatic heterocycles. The van der Waals surface area contributed by atoms with Crippen LogP contribution in [0.2, 0.25) is 0 Å². The number of aliphatic carboxylic acids is 2. The molecule has 1 amide bonds. The fraction of sp³-hybridized carbons (Fsp3) is 0.273. The van der Waals surface area contributed by atoms with Gasteiger partial charge in [-0.05, 0) is 12.5 Å². The third-order valence-electron chi connectivity index (χ3n) is 2.29. The van der Waals surface area contributed by atoms with Crippen molar-refractivity contribution >= 4 is 17.8 Å². The van der Waals surface area contributed by atoms with Crippen LogP contribution in [0.1, 0.15) is 23.2 Å². The summed E-state index contributed by atoms with van der Waals surface area (Å²) >= 11 is 0. The second-order valence-electron chi connectivity index (χ2n) is 3.74. The quantitative estimate of drug-likeness (QED) is 0.545. The van der Waals surface area contributed by atoms with Gasteiger partial charge in [-0.3, -0.25) is 14.4 Å². The lowest BCUT2D eigenvalue weighted by Crippen LogP contribution is -2.41. The van der Waals surface area contributed by atoms with E-state index in [0.29, 0.717) is 0 Å². The van der Waals surface area contributed by atoms with Crippen molar-refractivity contribution in [3.63, 3.8) is 0 Å². The number of hydrogen-bond acceptors (Lipinski definition) is 4. The van der Waals surface area contributed by atoms with E-state index in [0.717, 1.165) is 6.07 Å². The van der Waals surface area contributed by atoms with Gasteiger partial charge in [0, 0.05) is 24.2 Å². The minimum absolute atomic E-state index is 0.00493. The highest BCUT2D eigenvalue weighted by atomic mass is 16.4. The Hall–Kier alpha value is -2.64. The molecule has 102 valence electrons. The number of carbonyl (C=O) groups excluding carboxylic acids is 1. The fourth-order valence-electron chi connectivity index (χ4n) is 1.35. The van der Waals surface area contributed by atoms with Gasteiger partial charge in [0.15, 0.2) is 0 Å². The molecule has 1 heterocycles. The van der Waals surface area contributed by atoms with Gasteiger partial charge in [-0.1, -0.05) is 0 Å². The molecule has 8 nitrogen and oxygen atoms in total. The summed E-state index contributed by atoms with van der Waals surface area (Å²) in [7, 11) is 0. The highest BCUT2D eigenvalue weighted by Gasteiger charge is 2.21. The third-order valence-corrected chi connectivity index (χ3v) is 2.29. The van der Waals surface area contributed by atoms with Crippen molar-refractivity contribution < 1.29 is 24.6 Å². The van der Waals surface area contributed by atoms with Crippen LogP contribution in [-0.2, 0) is 9.59 Å². The van der Waals surface area contributed by atoms with Gasteiger partial charge in [0.1, 0.15) is 6.04 Å². The van der Waals surface area contributed by atoms with E-state index >= 15 is 0 Å². The van der Waals surface area contributed by atoms with Crippen LogP contribution in [0.25, 0.3) is 0 Å². The van der Waals surface area contributed by atoms with E-state index in [2.05, 4.69) is 10.3 Å². The summed E-state index contributed by atoms with van der Waals surface area (Å²) in [6.45, 7) is 0. The van der Waals surface area contributed by atoms with E-state index in [-0.39, 0.29) is 18.4 Å². The van der Waals surface area contributed by atoms with Gasteiger partial charge in [0.2, 0.25) is 5.56 Å². The largest absolute Gasteiger partial charge is 0.481 e. The highest BCUT2D eigenvalue weighted by Crippen LogP contribution is 2.01. The van der Waals surface area contributed by atoms with Gasteiger partial charge < -0.3 is 20.5 Å². The molecule has 0 fully saturated rings. The number of hydrogen-bond donors (Lipinski definition) is 4. The summed E-state index contributed by atoms with van der Waals surface area (Å²) in [5.74, 6) is -3.24. The first-order chi connectivity index (χ1) is 8.90. The summed E-state index contributed by atoms with van der Waals surface area (Å²) < 4.78 is 0. The van der Waals surface area contributed by atoms with Crippen LogP contribution in [0.15, 0.2) is 23.1 Å². The second-order valence-corrected chi connectivity index (χ2v) is 3.74. The number of aromatic nitrogens is 1. The van der Waals surface area contributed by atoms with E-state index in [4.69, 9.17) is 10.2 Å². The Kier molecular flexibility index (Phi) is 4.81. The van der Waals surface area contributed by atoms with Crippen LogP contribution >= 0.6 is 0 Å². The summed E-state index contributed by atoms with van der Waals surface area (Å²) in [4.78, 5) is 46.2. The van der Waals surface area contributed by atoms with Crippen molar-refractivity contribution in [2.45, 2.75) is 18.9 Å². The maximum atomic E-state index is 11.7. The maximum Gasteiger partial charge on any atom is 0.326 e. The molecule has 1 atom stereocenters. The molecule has 1 rings (SSSR count). The van der Waals surface area contributed by atoms with Crippen molar-refractivity contribution in [1.29, 1.82) is 0 Å². The van der Waals surface area contributed by atoms with Crippen LogP contribution < -0.4 is 10.9 Å². The fourth-order valence-corrected chi connectivity index (χ4v) is 1.35. The monoisotopic (exact) mass is 268 g/mol. The lowest BCUT2D eigenvalue weighted by molar-refractivity contribution is -0.140. The Morgan fingerprint density at radius 2 is 2.00 bits per heavy atom. The number of aromatic amines is 1. The molecular weight excluding hydrogens is 256 g/mol. The van der Waals surface area contributed by atoms with Gasteiger partial charge in [0.05, 0.1) is 0 Å². The predicted molar refractivity (Wildman–Crippen MR) is 62.8 cm³/mol. The first-order valence-electron chi connectivity index (χ1n) is 5.34. The Morgan fingerprint density at radius 3 is 2.53 bits per heavy atom. The van der Waals surface area contributed by atoms with Crippen molar-refractivity contribution in [3.05, 3.63) is 34.2 Å². The number of carboxylic acid groups (broad SMARTS) is 2. The van der Waals surface area contributed by atoms with Crippen LogP contribution in [0, 0.1) is 0 Å². The predicted octanol–water partition coefficient (Wildman–Crippen LogP) is -0.577. The van der Waals surface area contributed by atoms with Crippen LogP contribution in [-0.4, -0.2) is 39.1 Å². The third kappa shape index (κ3) is 4.62. The lowest BCUT2D eigenvalue weighted by Gasteiger charge is -2.13. The number of nitrogens with one attached hydrogen (secondary N) is 2. The van der Waals surface area contributed by atoms with Crippen LogP contribution in [0.5, 0.6) is 0 Å². The SMILES string of the molecule is O=C(O)CCC(NC(=O)c1cc[nH]c(=O)c1)C(=O)O. The Balaban J connectivity index is 2.74. The standard InChI is InChI=1S/C11H12N2O6/c14-8-5-6(3-4-12-8)10(17)13-7(11(18)19)1-2-9(15)16/h3-5,7H,1-2H2,(H,12,14)(H,13,17)(H,15,16)(H,18,19). The zero-order valence-electron chi connectivity index (χ0n) is 9.75. The molecule has 0 aliphatic rings. The molecule has 0 aromatic carbocycles. The number of pyridine rings is 1. The Bertz CT molecular complexity index is 550. The molecule has 8 heteroatoms. The van der Waals surface area contributed by atoms with Crippen molar-refractivity contribution in [2.75, 3.05) is 0 Å². The molecule has 0 saturated carbocycles. The molecule has 1 aromatic heterocycles. The molecule has 1 aromatic rings. The van der Waals surface area contributed by atoms with Crippen LogP contribution in [0.3, 0.4) is 0 Å². The molecule has 0 bridgehead atoms. The van der Waals surface area contributed by atoms with E-state index in [1.165, 1.54) is 12.3 Å². The lowest BCUT2D eigenvalue weighted by atomic mass is 10.1. The van der Waals surface area contributed by atoms with Gasteiger partial charge in [-0.25, -0.2) is 4.79 Å². The van der Waals surface area contributed by atoms with Gasteiger partial charge in [-0.2, -0.15) is 0 Å². The second kappa shape index (κ2) is 6.34. The van der Waals surface area contributed by atoms with Crippen molar-refractivity contribution in [1.82, 2.24) is 10.3 Å². The smallest absolute Gasteiger partial charge is 0.326 e. The molecule has 4 N–H and O–H groups in total. The van der Waals surface area contributed by atoms with Gasteiger partial charge >= 0.3 is 11.9 Å². The summed E-state index contributed by atoms with van der Waals surface area (Å²) in [6, 6.07) is 1.01. The average Bonchev–Trinajstić information content (AvgIpc) is 2.33. The average molecular weight is 268 g/mol. The van der Waals surface area contributed by atoms with Gasteiger partial charge in [-0.15, -0.1) is 0 Å². The molecule has 0 radical (unpaired) electrons. The minimum atomic E-state index is -1.33. The normalized spacial score (nSPS) is 11.6. The Morgan fingerprint density at radius 1 is 1.32 bits per heavy atom. The molecule has 19 heavy (non-hydrogen) atoms. The molecule has 0 spiro atoms. The minimum Gasteiger partial charge on any atom is -0.481 e. The number of carbonyl (C=O) groups is 3. The number of amides is 1. The van der Waals surface area contributed by atoms with Gasteiger partial charge in [0.25, 0.3) is 5.91 Å².